The summed E-state index contributed by atoms with van der Waals surface area (Å²) in [5.74, 6) is 1.16. The topological polar surface area (TPSA) is 59.1 Å². The first-order valence-electron chi connectivity index (χ1n) is 8.39. The third kappa shape index (κ3) is 4.64. The van der Waals surface area contributed by atoms with Crippen LogP contribution in [0.15, 0.2) is 30.3 Å². The number of aryl methyl sites for hydroxylation is 1. The summed E-state index contributed by atoms with van der Waals surface area (Å²) in [6.07, 6.45) is 3.06. The van der Waals surface area contributed by atoms with E-state index in [1.165, 1.54) is 6.07 Å². The van der Waals surface area contributed by atoms with Crippen LogP contribution in [-0.4, -0.2) is 35.8 Å². The number of hydrogen-bond acceptors (Lipinski definition) is 5. The van der Waals surface area contributed by atoms with Crippen LogP contribution in [0.1, 0.15) is 24.1 Å². The highest BCUT2D eigenvalue weighted by Gasteiger charge is 2.15. The number of rotatable bonds is 7. The van der Waals surface area contributed by atoms with E-state index >= 15 is 0 Å². The van der Waals surface area contributed by atoms with Crippen LogP contribution in [-0.2, 0) is 11.2 Å². The lowest BCUT2D eigenvalue weighted by molar-refractivity contribution is 0.120. The summed E-state index contributed by atoms with van der Waals surface area (Å²) < 4.78 is 19.2. The Morgan fingerprint density at radius 1 is 1.25 bits per heavy atom. The number of halogens is 1. The minimum absolute atomic E-state index is 0.177. The third-order valence-electron chi connectivity index (χ3n) is 4.02. The Hall–Kier alpha value is -2.21. The van der Waals surface area contributed by atoms with Crippen LogP contribution in [0.2, 0.25) is 0 Å². The van der Waals surface area contributed by atoms with Crippen LogP contribution in [0.5, 0.6) is 0 Å². The normalized spacial score (nSPS) is 17.0. The highest BCUT2D eigenvalue weighted by atomic mass is 19.1. The molecule has 5 nitrogen and oxygen atoms in total. The van der Waals surface area contributed by atoms with Gasteiger partial charge in [-0.2, -0.15) is 4.98 Å². The average Bonchev–Trinajstić information content (AvgIpc) is 3.08. The van der Waals surface area contributed by atoms with E-state index < -0.39 is 0 Å². The van der Waals surface area contributed by atoms with Crippen molar-refractivity contribution >= 4 is 11.8 Å². The van der Waals surface area contributed by atoms with E-state index in [2.05, 4.69) is 20.6 Å². The van der Waals surface area contributed by atoms with E-state index in [-0.39, 0.29) is 11.9 Å². The average molecular weight is 330 g/mol. The molecule has 0 amide bonds. The van der Waals surface area contributed by atoms with Crippen LogP contribution in [0, 0.1) is 12.7 Å². The molecule has 0 saturated carbocycles. The molecule has 2 N–H and O–H groups in total. The van der Waals surface area contributed by atoms with Gasteiger partial charge in [0.1, 0.15) is 11.6 Å². The number of hydrogen-bond donors (Lipinski definition) is 2. The quantitative estimate of drug-likeness (QED) is 0.816. The number of aromatic nitrogens is 2. The predicted molar refractivity (Wildman–Crippen MR) is 92.8 cm³/mol. The Kier molecular flexibility index (Phi) is 5.59. The molecule has 24 heavy (non-hydrogen) atoms. The fourth-order valence-electron chi connectivity index (χ4n) is 2.77. The molecule has 1 aromatic heterocycles. The maximum atomic E-state index is 13.6. The van der Waals surface area contributed by atoms with Crippen molar-refractivity contribution in [3.63, 3.8) is 0 Å². The second-order valence-electron chi connectivity index (χ2n) is 6.00. The minimum Gasteiger partial charge on any atom is -0.376 e. The Bertz CT molecular complexity index is 674. The molecule has 128 valence electrons. The van der Waals surface area contributed by atoms with Gasteiger partial charge in [-0.05, 0) is 37.8 Å². The Labute approximate surface area is 141 Å². The van der Waals surface area contributed by atoms with Gasteiger partial charge in [-0.3, -0.25) is 0 Å². The molecule has 2 aromatic rings. The summed E-state index contributed by atoms with van der Waals surface area (Å²) in [6.45, 7) is 4.11. The van der Waals surface area contributed by atoms with Gasteiger partial charge in [-0.15, -0.1) is 0 Å². The van der Waals surface area contributed by atoms with Gasteiger partial charge in [0.05, 0.1) is 6.10 Å². The van der Waals surface area contributed by atoms with E-state index in [4.69, 9.17) is 4.74 Å². The van der Waals surface area contributed by atoms with Crippen LogP contribution in [0.4, 0.5) is 16.2 Å². The van der Waals surface area contributed by atoms with Gasteiger partial charge in [0.15, 0.2) is 0 Å². The molecule has 1 aliphatic heterocycles. The second kappa shape index (κ2) is 8.06. The highest BCUT2D eigenvalue weighted by Crippen LogP contribution is 2.15. The van der Waals surface area contributed by atoms with Gasteiger partial charge in [0.25, 0.3) is 0 Å². The van der Waals surface area contributed by atoms with Crippen molar-refractivity contribution in [3.8, 4) is 0 Å². The molecule has 1 unspecified atom stereocenters. The zero-order chi connectivity index (χ0) is 16.8. The molecule has 1 fully saturated rings. The van der Waals surface area contributed by atoms with E-state index in [9.17, 15) is 4.39 Å². The van der Waals surface area contributed by atoms with Crippen molar-refractivity contribution in [2.45, 2.75) is 32.3 Å². The fraction of sp³-hybridized carbons (Fsp3) is 0.444. The summed E-state index contributed by atoms with van der Waals surface area (Å²) in [5, 5.41) is 6.48. The lowest BCUT2D eigenvalue weighted by Gasteiger charge is -2.13. The van der Waals surface area contributed by atoms with Gasteiger partial charge >= 0.3 is 0 Å². The van der Waals surface area contributed by atoms with Crippen molar-refractivity contribution < 1.29 is 9.13 Å². The maximum Gasteiger partial charge on any atom is 0.224 e. The van der Waals surface area contributed by atoms with Crippen LogP contribution in [0.3, 0.4) is 0 Å². The van der Waals surface area contributed by atoms with Crippen molar-refractivity contribution in [2.24, 2.45) is 0 Å². The monoisotopic (exact) mass is 330 g/mol. The van der Waals surface area contributed by atoms with Crippen LogP contribution in [0.25, 0.3) is 0 Å². The maximum absolute atomic E-state index is 13.6. The molecule has 3 rings (SSSR count). The fourth-order valence-corrected chi connectivity index (χ4v) is 2.77. The molecule has 1 saturated heterocycles. The smallest absolute Gasteiger partial charge is 0.224 e. The zero-order valence-corrected chi connectivity index (χ0v) is 13.9. The van der Waals surface area contributed by atoms with Gasteiger partial charge in [0, 0.05) is 31.5 Å². The first-order valence-corrected chi connectivity index (χ1v) is 8.39. The molecule has 2 heterocycles. The van der Waals surface area contributed by atoms with Crippen molar-refractivity contribution in [3.05, 3.63) is 47.4 Å². The first kappa shape index (κ1) is 16.6. The van der Waals surface area contributed by atoms with Crippen molar-refractivity contribution in [1.29, 1.82) is 0 Å². The molecule has 0 spiro atoms. The first-order chi connectivity index (χ1) is 11.7. The number of nitrogens with one attached hydrogen (secondary N) is 2. The number of anilines is 2. The van der Waals surface area contributed by atoms with Crippen LogP contribution < -0.4 is 10.6 Å². The molecule has 1 aliphatic rings. The highest BCUT2D eigenvalue weighted by molar-refractivity contribution is 5.42. The lowest BCUT2D eigenvalue weighted by Crippen LogP contribution is -2.19. The van der Waals surface area contributed by atoms with Crippen molar-refractivity contribution in [1.82, 2.24) is 9.97 Å². The second-order valence-corrected chi connectivity index (χ2v) is 6.00. The minimum atomic E-state index is -0.177. The van der Waals surface area contributed by atoms with Gasteiger partial charge in [0.2, 0.25) is 5.95 Å². The summed E-state index contributed by atoms with van der Waals surface area (Å²) in [7, 11) is 0. The molecule has 1 atom stereocenters. The molecule has 0 bridgehead atoms. The summed E-state index contributed by atoms with van der Waals surface area (Å²) in [6, 6.07) is 8.72. The molecule has 0 aliphatic carbocycles. The Balaban J connectivity index is 1.54. The number of benzene rings is 1. The Morgan fingerprint density at radius 3 is 2.92 bits per heavy atom. The van der Waals surface area contributed by atoms with E-state index in [0.29, 0.717) is 24.5 Å². The molecular formula is C18H23FN4O. The largest absolute Gasteiger partial charge is 0.376 e. The molecular weight excluding hydrogens is 307 g/mol. The van der Waals surface area contributed by atoms with E-state index in [0.717, 1.165) is 37.5 Å². The van der Waals surface area contributed by atoms with Gasteiger partial charge < -0.3 is 15.4 Å². The Morgan fingerprint density at radius 2 is 2.12 bits per heavy atom. The zero-order valence-electron chi connectivity index (χ0n) is 13.9. The summed E-state index contributed by atoms with van der Waals surface area (Å²) in [5.41, 5.74) is 1.57. The van der Waals surface area contributed by atoms with Gasteiger partial charge in [-0.25, -0.2) is 9.37 Å². The standard InChI is InChI=1S/C18H23FN4O/c1-13-11-17(21-12-15-6-4-10-24-15)23-18(22-13)20-9-8-14-5-2-3-7-16(14)19/h2-3,5,7,11,15H,4,6,8-10,12H2,1H3,(H2,20,21,22,23). The molecule has 1 aromatic carbocycles. The molecule has 0 radical (unpaired) electrons. The van der Waals surface area contributed by atoms with Crippen molar-refractivity contribution in [2.75, 3.05) is 30.3 Å². The third-order valence-corrected chi connectivity index (χ3v) is 4.02. The van der Waals surface area contributed by atoms with Gasteiger partial charge in [-0.1, -0.05) is 18.2 Å². The predicted octanol–water partition coefficient (Wildman–Crippen LogP) is 3.17. The SMILES string of the molecule is Cc1cc(NCC2CCCO2)nc(NCCc2ccccc2F)n1. The van der Waals surface area contributed by atoms with E-state index in [1.54, 1.807) is 12.1 Å². The number of nitrogens with zero attached hydrogens (tertiary/aromatic N) is 2. The summed E-state index contributed by atoms with van der Waals surface area (Å²) in [4.78, 5) is 8.85. The summed E-state index contributed by atoms with van der Waals surface area (Å²) >= 11 is 0. The van der Waals surface area contributed by atoms with E-state index in [1.807, 2.05) is 19.1 Å². The molecule has 6 heteroatoms. The lowest BCUT2D eigenvalue weighted by atomic mass is 10.1. The van der Waals surface area contributed by atoms with Crippen LogP contribution >= 0.6 is 0 Å². The number of ether oxygens (including phenoxy) is 1.